The third-order valence-corrected chi connectivity index (χ3v) is 1.02. The minimum absolute atomic E-state index is 0. The van der Waals surface area contributed by atoms with E-state index in [-0.39, 0.29) is 29.6 Å². The molecule has 1 radical (unpaired) electrons. The normalized spacial score (nSPS) is 8.11. The molecule has 0 saturated carbocycles. The fourth-order valence-corrected chi connectivity index (χ4v) is 0.643. The van der Waals surface area contributed by atoms with Crippen LogP contribution in [0.25, 0.3) is 0 Å². The van der Waals surface area contributed by atoms with E-state index < -0.39 is 0 Å². The van der Waals surface area contributed by atoms with Crippen molar-refractivity contribution in [2.75, 3.05) is 0 Å². The summed E-state index contributed by atoms with van der Waals surface area (Å²) in [5.41, 5.74) is 0. The van der Waals surface area contributed by atoms with Crippen molar-refractivity contribution >= 4 is 42.2 Å². The van der Waals surface area contributed by atoms with E-state index in [2.05, 4.69) is 12.6 Å². The van der Waals surface area contributed by atoms with Crippen LogP contribution in [-0.2, 0) is 0 Å². The van der Waals surface area contributed by atoms with E-state index in [0.717, 1.165) is 0 Å². The summed E-state index contributed by atoms with van der Waals surface area (Å²) in [6.45, 7) is 0. The van der Waals surface area contributed by atoms with Crippen molar-refractivity contribution in [2.24, 2.45) is 0 Å². The van der Waals surface area contributed by atoms with Gasteiger partial charge < -0.3 is 5.21 Å². The maximum absolute atomic E-state index is 10.4. The van der Waals surface area contributed by atoms with Crippen LogP contribution in [0.2, 0.25) is 0 Å². The minimum Gasteiger partial charge on any atom is -0.619 e. The van der Waals surface area contributed by atoms with Crippen LogP contribution in [0, 0.1) is 5.21 Å². The number of thiol groups is 1. The molecule has 2 nitrogen and oxygen atoms in total. The van der Waals surface area contributed by atoms with Crippen LogP contribution in [0.4, 0.5) is 0 Å². The Kier molecular flexibility index (Phi) is 4.31. The summed E-state index contributed by atoms with van der Waals surface area (Å²) < 4.78 is 0.711. The summed E-state index contributed by atoms with van der Waals surface area (Å²) in [7, 11) is 0. The van der Waals surface area contributed by atoms with Gasteiger partial charge in [-0.1, -0.05) is 0 Å². The smallest absolute Gasteiger partial charge is 0.193 e. The zero-order valence-electron chi connectivity index (χ0n) is 5.11. The Bertz CT molecular complexity index is 177. The molecule has 1 aromatic heterocycles. The number of rotatable bonds is 0. The molecular weight excluding hydrogens is 145 g/mol. The fraction of sp³-hybridized carbons (Fsp3) is 0. The first kappa shape index (κ1) is 9.30. The first-order valence-electron chi connectivity index (χ1n) is 2.17. The Morgan fingerprint density at radius 3 is 2.56 bits per heavy atom. The summed E-state index contributed by atoms with van der Waals surface area (Å²) >= 11 is 3.93. The quantitative estimate of drug-likeness (QED) is 0.244. The molecule has 1 heterocycles. The Labute approximate surface area is 81.2 Å². The Morgan fingerprint density at radius 1 is 1.56 bits per heavy atom. The van der Waals surface area contributed by atoms with Crippen molar-refractivity contribution in [3.63, 3.8) is 0 Å². The van der Waals surface area contributed by atoms with Crippen molar-refractivity contribution in [2.45, 2.75) is 4.90 Å². The number of nitrogens with zero attached hydrogens (tertiary/aromatic N) is 1. The molecule has 0 aliphatic heterocycles. The molecule has 1 aromatic rings. The SMILES string of the molecule is [Na].[O-][n+]1cccc(S)c1. The maximum atomic E-state index is 10.4. The first-order chi connectivity index (χ1) is 3.79. The molecule has 0 aliphatic carbocycles. The van der Waals surface area contributed by atoms with Crippen LogP contribution in [0.15, 0.2) is 29.4 Å². The standard InChI is InChI=1S/C5H5NOS.Na/c7-6-3-1-2-5(8)4-6;/h1-4,8H;. The van der Waals surface area contributed by atoms with Crippen LogP contribution in [0.1, 0.15) is 0 Å². The molecule has 0 unspecified atom stereocenters. The van der Waals surface area contributed by atoms with Crippen LogP contribution < -0.4 is 4.73 Å². The van der Waals surface area contributed by atoms with Crippen LogP contribution >= 0.6 is 12.6 Å². The minimum atomic E-state index is 0. The van der Waals surface area contributed by atoms with Crippen molar-refractivity contribution < 1.29 is 4.73 Å². The number of aromatic nitrogens is 1. The van der Waals surface area contributed by atoms with Gasteiger partial charge in [-0.05, 0) is 6.07 Å². The molecule has 9 heavy (non-hydrogen) atoms. The van der Waals surface area contributed by atoms with E-state index in [9.17, 15) is 5.21 Å². The summed E-state index contributed by atoms with van der Waals surface area (Å²) in [4.78, 5) is 0.683. The largest absolute Gasteiger partial charge is 0.619 e. The Balaban J connectivity index is 0.000000640. The molecule has 0 bridgehead atoms. The molecule has 0 aliphatic rings. The van der Waals surface area contributed by atoms with Crippen molar-refractivity contribution in [1.29, 1.82) is 0 Å². The molecule has 0 N–H and O–H groups in total. The second-order valence-electron chi connectivity index (χ2n) is 1.42. The Hall–Kier alpha value is 0.300. The molecular formula is C5H5NNaOS. The van der Waals surface area contributed by atoms with Gasteiger partial charge in [0.2, 0.25) is 0 Å². The molecule has 0 spiro atoms. The average molecular weight is 150 g/mol. The second-order valence-corrected chi connectivity index (χ2v) is 1.94. The van der Waals surface area contributed by atoms with Gasteiger partial charge in [-0.15, -0.1) is 12.6 Å². The number of hydrogen-bond acceptors (Lipinski definition) is 2. The van der Waals surface area contributed by atoms with Crippen LogP contribution in [0.3, 0.4) is 0 Å². The van der Waals surface area contributed by atoms with Crippen molar-refractivity contribution in [3.8, 4) is 0 Å². The van der Waals surface area contributed by atoms with Gasteiger partial charge in [0.1, 0.15) is 0 Å². The first-order valence-corrected chi connectivity index (χ1v) is 2.61. The summed E-state index contributed by atoms with van der Waals surface area (Å²) in [5.74, 6) is 0. The monoisotopic (exact) mass is 150 g/mol. The average Bonchev–Trinajstić information content (AvgIpc) is 1.64. The maximum Gasteiger partial charge on any atom is 0.193 e. The van der Waals surface area contributed by atoms with Crippen molar-refractivity contribution in [1.82, 2.24) is 0 Å². The number of hydrogen-bond donors (Lipinski definition) is 1. The summed E-state index contributed by atoms with van der Waals surface area (Å²) in [6.07, 6.45) is 2.81. The molecule has 43 valence electrons. The zero-order chi connectivity index (χ0) is 5.98. The van der Waals surface area contributed by atoms with Gasteiger partial charge in [-0.25, -0.2) is 0 Å². The van der Waals surface area contributed by atoms with Gasteiger partial charge in [-0.3, -0.25) is 0 Å². The predicted molar refractivity (Wildman–Crippen MR) is 38.4 cm³/mol. The van der Waals surface area contributed by atoms with Gasteiger partial charge >= 0.3 is 0 Å². The molecule has 4 heteroatoms. The summed E-state index contributed by atoms with van der Waals surface area (Å²) in [5, 5.41) is 10.4. The number of pyridine rings is 1. The molecule has 0 saturated heterocycles. The Morgan fingerprint density at radius 2 is 2.22 bits per heavy atom. The predicted octanol–water partition coefficient (Wildman–Crippen LogP) is 0.228. The third-order valence-electron chi connectivity index (χ3n) is 0.759. The van der Waals surface area contributed by atoms with Crippen molar-refractivity contribution in [3.05, 3.63) is 29.7 Å². The molecule has 0 amide bonds. The van der Waals surface area contributed by atoms with E-state index in [1.54, 1.807) is 12.1 Å². The van der Waals surface area contributed by atoms with E-state index in [4.69, 9.17) is 0 Å². The fourth-order valence-electron chi connectivity index (χ4n) is 0.443. The zero-order valence-corrected chi connectivity index (χ0v) is 8.01. The molecule has 0 aromatic carbocycles. The summed E-state index contributed by atoms with van der Waals surface area (Å²) in [6, 6.07) is 3.40. The van der Waals surface area contributed by atoms with E-state index >= 15 is 0 Å². The van der Waals surface area contributed by atoms with Gasteiger partial charge in [0.15, 0.2) is 12.4 Å². The third kappa shape index (κ3) is 3.11. The van der Waals surface area contributed by atoms with Gasteiger partial charge in [-0.2, -0.15) is 4.73 Å². The molecule has 0 fully saturated rings. The van der Waals surface area contributed by atoms with E-state index in [0.29, 0.717) is 9.63 Å². The van der Waals surface area contributed by atoms with Gasteiger partial charge in [0.25, 0.3) is 0 Å². The molecule has 0 atom stereocenters. The van der Waals surface area contributed by atoms with Crippen LogP contribution in [0.5, 0.6) is 0 Å². The second kappa shape index (κ2) is 4.17. The van der Waals surface area contributed by atoms with Gasteiger partial charge in [0, 0.05) is 35.6 Å². The molecule has 1 rings (SSSR count). The van der Waals surface area contributed by atoms with E-state index in [1.807, 2.05) is 0 Å². The van der Waals surface area contributed by atoms with Gasteiger partial charge in [0.05, 0.1) is 4.90 Å². The van der Waals surface area contributed by atoms with E-state index in [1.165, 1.54) is 12.4 Å². The topological polar surface area (TPSA) is 26.9 Å². The van der Waals surface area contributed by atoms with Crippen LogP contribution in [-0.4, -0.2) is 29.6 Å².